The zero-order valence-corrected chi connectivity index (χ0v) is 18.8. The minimum absolute atomic E-state index is 0.120. The maximum Gasteiger partial charge on any atom is 0.123 e. The lowest BCUT2D eigenvalue weighted by atomic mass is 9.51. The second kappa shape index (κ2) is 7.15. The molecule has 0 aromatic heterocycles. The van der Waals surface area contributed by atoms with Crippen molar-refractivity contribution in [1.29, 1.82) is 0 Å². The third-order valence-electron chi connectivity index (χ3n) is 7.17. The Balaban J connectivity index is 1.77. The van der Waals surface area contributed by atoms with Crippen molar-refractivity contribution < 1.29 is 9.47 Å². The van der Waals surface area contributed by atoms with E-state index in [2.05, 4.69) is 60.7 Å². The highest BCUT2D eigenvalue weighted by Crippen LogP contribution is 2.63. The standard InChI is InChI=1S/C29H23ClO2/c1-31-24-15-16-25(32-2)28-27(24)26-20-7-3-5-9-22(20)29(28,23-10-6-4-8-21(23)26)17-18-11-13-19(30)14-12-18/h3-16,26H,17H2,1-2H3. The van der Waals surface area contributed by atoms with Gasteiger partial charge in [0.25, 0.3) is 0 Å². The molecule has 0 saturated carbocycles. The number of hydrogen-bond donors (Lipinski definition) is 0. The van der Waals surface area contributed by atoms with Crippen LogP contribution in [0.2, 0.25) is 5.02 Å². The van der Waals surface area contributed by atoms with Crippen molar-refractivity contribution >= 4 is 11.6 Å². The zero-order chi connectivity index (χ0) is 21.9. The largest absolute Gasteiger partial charge is 0.496 e. The molecular formula is C29H23ClO2. The second-order valence-electron chi connectivity index (χ2n) is 8.57. The van der Waals surface area contributed by atoms with Gasteiger partial charge in [-0.3, -0.25) is 0 Å². The van der Waals surface area contributed by atoms with Crippen LogP contribution in [0.1, 0.15) is 44.9 Å². The quantitative estimate of drug-likeness (QED) is 0.351. The van der Waals surface area contributed by atoms with Gasteiger partial charge in [-0.15, -0.1) is 0 Å². The first-order valence-corrected chi connectivity index (χ1v) is 11.3. The lowest BCUT2D eigenvalue weighted by molar-refractivity contribution is 0.376. The molecule has 32 heavy (non-hydrogen) atoms. The van der Waals surface area contributed by atoms with Gasteiger partial charge in [-0.2, -0.15) is 0 Å². The van der Waals surface area contributed by atoms with E-state index >= 15 is 0 Å². The third kappa shape index (κ3) is 2.47. The summed E-state index contributed by atoms with van der Waals surface area (Å²) in [6.45, 7) is 0. The highest BCUT2D eigenvalue weighted by Gasteiger charge is 2.54. The Kier molecular flexibility index (Phi) is 4.34. The molecule has 0 N–H and O–H groups in total. The molecule has 0 radical (unpaired) electrons. The van der Waals surface area contributed by atoms with Crippen molar-refractivity contribution in [3.05, 3.63) is 129 Å². The number of rotatable bonds is 4. The molecule has 4 aromatic carbocycles. The summed E-state index contributed by atoms with van der Waals surface area (Å²) >= 11 is 6.22. The average Bonchev–Trinajstić information content (AvgIpc) is 2.85. The molecular weight excluding hydrogens is 416 g/mol. The molecule has 0 heterocycles. The van der Waals surface area contributed by atoms with Crippen LogP contribution >= 0.6 is 11.6 Å². The van der Waals surface area contributed by atoms with Gasteiger partial charge in [0.1, 0.15) is 11.5 Å². The minimum atomic E-state index is -0.384. The Morgan fingerprint density at radius 2 is 1.28 bits per heavy atom. The SMILES string of the molecule is COc1ccc(OC)c2c1C1c3ccccc3C2(Cc2ccc(Cl)cc2)c2ccccc21. The Labute approximate surface area is 193 Å². The molecule has 7 rings (SSSR count). The number of benzene rings is 4. The Hall–Kier alpha value is -3.23. The van der Waals surface area contributed by atoms with Crippen LogP contribution in [-0.4, -0.2) is 14.2 Å². The molecule has 3 heteroatoms. The monoisotopic (exact) mass is 438 g/mol. The molecule has 0 unspecified atom stereocenters. The topological polar surface area (TPSA) is 18.5 Å². The van der Waals surface area contributed by atoms with Gasteiger partial charge in [-0.25, -0.2) is 0 Å². The Morgan fingerprint density at radius 1 is 0.719 bits per heavy atom. The van der Waals surface area contributed by atoms with Gasteiger partial charge >= 0.3 is 0 Å². The van der Waals surface area contributed by atoms with Gasteiger partial charge in [-0.05, 0) is 58.5 Å². The van der Waals surface area contributed by atoms with Gasteiger partial charge in [0.05, 0.1) is 19.6 Å². The summed E-state index contributed by atoms with van der Waals surface area (Å²) in [6.07, 6.45) is 0.807. The van der Waals surface area contributed by atoms with Crippen LogP contribution in [0.25, 0.3) is 0 Å². The lowest BCUT2D eigenvalue weighted by Crippen LogP contribution is -2.44. The molecule has 0 saturated heterocycles. The summed E-state index contributed by atoms with van der Waals surface area (Å²) in [5, 5.41) is 0.749. The van der Waals surface area contributed by atoms with Crippen LogP contribution in [0.15, 0.2) is 84.9 Å². The Morgan fingerprint density at radius 3 is 1.88 bits per heavy atom. The summed E-state index contributed by atoms with van der Waals surface area (Å²) in [4.78, 5) is 0. The highest BCUT2D eigenvalue weighted by molar-refractivity contribution is 6.30. The molecule has 0 fully saturated rings. The maximum atomic E-state index is 6.22. The molecule has 0 spiro atoms. The fourth-order valence-corrected chi connectivity index (χ4v) is 6.14. The second-order valence-corrected chi connectivity index (χ2v) is 9.01. The molecule has 3 aliphatic carbocycles. The van der Waals surface area contributed by atoms with Gasteiger partial charge in [0.2, 0.25) is 0 Å². The first kappa shape index (κ1) is 19.5. The van der Waals surface area contributed by atoms with Gasteiger partial charge in [-0.1, -0.05) is 72.3 Å². The maximum absolute atomic E-state index is 6.22. The predicted octanol–water partition coefficient (Wildman–Crippen LogP) is 6.74. The summed E-state index contributed by atoms with van der Waals surface area (Å²) in [6, 6.07) is 30.0. The first-order chi connectivity index (χ1) is 15.7. The van der Waals surface area contributed by atoms with Gasteiger partial charge < -0.3 is 9.47 Å². The van der Waals surface area contributed by atoms with E-state index in [1.807, 2.05) is 24.3 Å². The van der Waals surface area contributed by atoms with Crippen molar-refractivity contribution in [2.45, 2.75) is 17.8 Å². The number of ether oxygens (including phenoxy) is 2. The molecule has 2 nitrogen and oxygen atoms in total. The van der Waals surface area contributed by atoms with Gasteiger partial charge in [0.15, 0.2) is 0 Å². The Bertz CT molecular complexity index is 1290. The molecule has 0 atom stereocenters. The summed E-state index contributed by atoms with van der Waals surface area (Å²) in [5.74, 6) is 1.94. The van der Waals surface area contributed by atoms with Crippen LogP contribution in [-0.2, 0) is 11.8 Å². The van der Waals surface area contributed by atoms with Crippen molar-refractivity contribution in [3.8, 4) is 11.5 Å². The van der Waals surface area contributed by atoms with Crippen LogP contribution in [0.3, 0.4) is 0 Å². The van der Waals surface area contributed by atoms with E-state index in [4.69, 9.17) is 21.1 Å². The van der Waals surface area contributed by atoms with Crippen LogP contribution < -0.4 is 9.47 Å². The smallest absolute Gasteiger partial charge is 0.123 e. The lowest BCUT2D eigenvalue weighted by Gasteiger charge is -2.51. The summed E-state index contributed by atoms with van der Waals surface area (Å²) in [5.41, 5.74) is 8.67. The number of halogens is 1. The highest BCUT2D eigenvalue weighted by atomic mass is 35.5. The number of hydrogen-bond acceptors (Lipinski definition) is 2. The van der Waals surface area contributed by atoms with E-state index < -0.39 is 0 Å². The van der Waals surface area contributed by atoms with E-state index in [0.717, 1.165) is 22.9 Å². The van der Waals surface area contributed by atoms with Crippen LogP contribution in [0.5, 0.6) is 11.5 Å². The van der Waals surface area contributed by atoms with E-state index in [9.17, 15) is 0 Å². The molecule has 0 amide bonds. The first-order valence-electron chi connectivity index (χ1n) is 10.9. The minimum Gasteiger partial charge on any atom is -0.496 e. The van der Waals surface area contributed by atoms with Crippen molar-refractivity contribution in [3.63, 3.8) is 0 Å². The molecule has 0 aliphatic heterocycles. The average molecular weight is 439 g/mol. The summed E-state index contributed by atoms with van der Waals surface area (Å²) < 4.78 is 11.9. The van der Waals surface area contributed by atoms with Gasteiger partial charge in [0, 0.05) is 22.1 Å². The number of methoxy groups -OCH3 is 2. The van der Waals surface area contributed by atoms with E-state index in [1.165, 1.54) is 38.9 Å². The van der Waals surface area contributed by atoms with E-state index in [-0.39, 0.29) is 11.3 Å². The fraction of sp³-hybridized carbons (Fsp3) is 0.172. The van der Waals surface area contributed by atoms with Crippen molar-refractivity contribution in [1.82, 2.24) is 0 Å². The molecule has 158 valence electrons. The van der Waals surface area contributed by atoms with Crippen LogP contribution in [0.4, 0.5) is 0 Å². The zero-order valence-electron chi connectivity index (χ0n) is 18.1. The third-order valence-corrected chi connectivity index (χ3v) is 7.42. The molecule has 3 aliphatic rings. The van der Waals surface area contributed by atoms with Crippen LogP contribution in [0, 0.1) is 0 Å². The van der Waals surface area contributed by atoms with Crippen molar-refractivity contribution in [2.75, 3.05) is 14.2 Å². The van der Waals surface area contributed by atoms with Crippen molar-refractivity contribution in [2.24, 2.45) is 0 Å². The molecule has 2 bridgehead atoms. The van der Waals surface area contributed by atoms with E-state index in [1.54, 1.807) is 14.2 Å². The normalized spacial score (nSPS) is 19.7. The van der Waals surface area contributed by atoms with E-state index in [0.29, 0.717) is 0 Å². The molecule has 4 aromatic rings. The summed E-state index contributed by atoms with van der Waals surface area (Å²) in [7, 11) is 3.52. The fourth-order valence-electron chi connectivity index (χ4n) is 6.01. The predicted molar refractivity (Wildman–Crippen MR) is 128 cm³/mol.